The summed E-state index contributed by atoms with van der Waals surface area (Å²) in [4.78, 5) is 26.3. The largest absolute Gasteiger partial charge is 0.353 e. The second-order valence-electron chi connectivity index (χ2n) is 6.23. The number of aryl methyl sites for hydroxylation is 1. The summed E-state index contributed by atoms with van der Waals surface area (Å²) in [6, 6.07) is 0.177. The van der Waals surface area contributed by atoms with E-state index in [4.69, 9.17) is 0 Å². The van der Waals surface area contributed by atoms with Crippen molar-refractivity contribution >= 4 is 23.2 Å². The highest BCUT2D eigenvalue weighted by molar-refractivity contribution is 7.13. The Morgan fingerprint density at radius 3 is 2.36 bits per heavy atom. The Morgan fingerprint density at radius 2 is 1.86 bits per heavy atom. The van der Waals surface area contributed by atoms with E-state index in [1.54, 1.807) is 4.90 Å². The summed E-state index contributed by atoms with van der Waals surface area (Å²) in [6.07, 6.45) is 1.42. The van der Waals surface area contributed by atoms with Crippen LogP contribution in [0.5, 0.6) is 0 Å². The van der Waals surface area contributed by atoms with E-state index in [1.165, 1.54) is 11.3 Å². The number of hydrogen-bond donors (Lipinski definition) is 1. The van der Waals surface area contributed by atoms with Crippen LogP contribution in [0, 0.1) is 18.8 Å². The molecule has 1 saturated heterocycles. The van der Waals surface area contributed by atoms with E-state index in [0.29, 0.717) is 36.9 Å². The van der Waals surface area contributed by atoms with E-state index in [0.717, 1.165) is 5.01 Å². The van der Waals surface area contributed by atoms with Gasteiger partial charge in [0.2, 0.25) is 10.9 Å². The molecule has 1 aromatic rings. The van der Waals surface area contributed by atoms with Gasteiger partial charge in [-0.1, -0.05) is 25.2 Å². The molecule has 1 unspecified atom stereocenters. The quantitative estimate of drug-likeness (QED) is 0.917. The van der Waals surface area contributed by atoms with Crippen LogP contribution >= 0.6 is 11.3 Å². The third-order valence-electron chi connectivity index (χ3n) is 4.23. The zero-order chi connectivity index (χ0) is 16.3. The number of nitrogens with zero attached hydrogens (tertiary/aromatic N) is 3. The van der Waals surface area contributed by atoms with Crippen LogP contribution in [0.3, 0.4) is 0 Å². The minimum absolute atomic E-state index is 0.00130. The van der Waals surface area contributed by atoms with Crippen molar-refractivity contribution in [2.45, 2.75) is 46.6 Å². The molecule has 0 bridgehead atoms. The third kappa shape index (κ3) is 4.03. The minimum atomic E-state index is -0.0694. The van der Waals surface area contributed by atoms with Gasteiger partial charge in [-0.15, -0.1) is 10.2 Å². The van der Waals surface area contributed by atoms with Crippen molar-refractivity contribution in [2.75, 3.05) is 13.1 Å². The summed E-state index contributed by atoms with van der Waals surface area (Å²) >= 11 is 1.32. The molecular formula is C15H24N4O2S. The zero-order valence-corrected chi connectivity index (χ0v) is 14.4. The highest BCUT2D eigenvalue weighted by atomic mass is 32.1. The standard InChI is InChI=1S/C15H24N4O2S/c1-9(2)10(3)16-13(20)12-5-7-19(8-6-12)15(21)14-18-17-11(4)22-14/h9-10,12H,5-8H2,1-4H3,(H,16,20). The molecule has 0 spiro atoms. The number of likely N-dealkylation sites (tertiary alicyclic amines) is 1. The van der Waals surface area contributed by atoms with Gasteiger partial charge in [-0.05, 0) is 32.6 Å². The molecule has 1 N–H and O–H groups in total. The Labute approximate surface area is 135 Å². The highest BCUT2D eigenvalue weighted by Crippen LogP contribution is 2.21. The normalized spacial score (nSPS) is 17.6. The Bertz CT molecular complexity index is 535. The first kappa shape index (κ1) is 16.9. The molecule has 1 aliphatic rings. The average Bonchev–Trinajstić information content (AvgIpc) is 2.93. The number of amides is 2. The fourth-order valence-corrected chi connectivity index (χ4v) is 3.03. The first-order valence-electron chi connectivity index (χ1n) is 7.78. The smallest absolute Gasteiger partial charge is 0.284 e. The molecule has 2 amide bonds. The molecule has 0 aliphatic carbocycles. The van der Waals surface area contributed by atoms with Crippen LogP contribution < -0.4 is 5.32 Å². The van der Waals surface area contributed by atoms with Gasteiger partial charge in [-0.2, -0.15) is 0 Å². The molecule has 7 heteroatoms. The van der Waals surface area contributed by atoms with E-state index in [9.17, 15) is 9.59 Å². The maximum atomic E-state index is 12.3. The van der Waals surface area contributed by atoms with E-state index in [2.05, 4.69) is 29.4 Å². The lowest BCUT2D eigenvalue weighted by atomic mass is 9.95. The summed E-state index contributed by atoms with van der Waals surface area (Å²) in [5.74, 6) is 0.465. The maximum Gasteiger partial charge on any atom is 0.284 e. The van der Waals surface area contributed by atoms with Gasteiger partial charge in [0.05, 0.1) is 0 Å². The van der Waals surface area contributed by atoms with Gasteiger partial charge in [-0.3, -0.25) is 9.59 Å². The molecular weight excluding hydrogens is 300 g/mol. The first-order chi connectivity index (χ1) is 10.4. The van der Waals surface area contributed by atoms with Crippen molar-refractivity contribution in [1.29, 1.82) is 0 Å². The highest BCUT2D eigenvalue weighted by Gasteiger charge is 2.29. The number of nitrogens with one attached hydrogen (secondary N) is 1. The summed E-state index contributed by atoms with van der Waals surface area (Å²) in [5, 5.41) is 12.1. The van der Waals surface area contributed by atoms with Crippen molar-refractivity contribution in [3.8, 4) is 0 Å². The molecule has 1 aliphatic heterocycles. The van der Waals surface area contributed by atoms with Crippen LogP contribution in [-0.4, -0.2) is 46.0 Å². The molecule has 0 aromatic carbocycles. The summed E-state index contributed by atoms with van der Waals surface area (Å²) in [6.45, 7) is 9.25. The SMILES string of the molecule is Cc1nnc(C(=O)N2CCC(C(=O)NC(C)C(C)C)CC2)s1. The van der Waals surface area contributed by atoms with E-state index in [-0.39, 0.29) is 23.8 Å². The summed E-state index contributed by atoms with van der Waals surface area (Å²) < 4.78 is 0. The van der Waals surface area contributed by atoms with E-state index < -0.39 is 0 Å². The van der Waals surface area contributed by atoms with Crippen LogP contribution in [-0.2, 0) is 4.79 Å². The average molecular weight is 324 g/mol. The van der Waals surface area contributed by atoms with Gasteiger partial charge in [0.1, 0.15) is 5.01 Å². The van der Waals surface area contributed by atoms with Gasteiger partial charge in [-0.25, -0.2) is 0 Å². The van der Waals surface area contributed by atoms with Crippen LogP contribution in [0.2, 0.25) is 0 Å². The Morgan fingerprint density at radius 1 is 1.23 bits per heavy atom. The Kier molecular flexibility index (Phi) is 5.50. The van der Waals surface area contributed by atoms with Gasteiger partial charge >= 0.3 is 0 Å². The van der Waals surface area contributed by atoms with Crippen molar-refractivity contribution in [3.63, 3.8) is 0 Å². The van der Waals surface area contributed by atoms with E-state index in [1.807, 2.05) is 13.8 Å². The van der Waals surface area contributed by atoms with Crippen LogP contribution in [0.25, 0.3) is 0 Å². The lowest BCUT2D eigenvalue weighted by Gasteiger charge is -2.31. The van der Waals surface area contributed by atoms with Crippen molar-refractivity contribution in [2.24, 2.45) is 11.8 Å². The van der Waals surface area contributed by atoms with Crippen LogP contribution in [0.1, 0.15) is 48.4 Å². The fraction of sp³-hybridized carbons (Fsp3) is 0.733. The number of piperidine rings is 1. The van der Waals surface area contributed by atoms with Gasteiger partial charge in [0.15, 0.2) is 0 Å². The molecule has 0 radical (unpaired) electrons. The maximum absolute atomic E-state index is 12.3. The molecule has 122 valence electrons. The number of rotatable bonds is 4. The predicted molar refractivity (Wildman–Crippen MR) is 85.7 cm³/mol. The van der Waals surface area contributed by atoms with Crippen molar-refractivity contribution < 1.29 is 9.59 Å². The first-order valence-corrected chi connectivity index (χ1v) is 8.60. The number of hydrogen-bond acceptors (Lipinski definition) is 5. The lowest BCUT2D eigenvalue weighted by molar-refractivity contribution is -0.127. The molecule has 2 rings (SSSR count). The second kappa shape index (κ2) is 7.17. The monoisotopic (exact) mass is 324 g/mol. The third-order valence-corrected chi connectivity index (χ3v) is 5.06. The molecule has 1 atom stereocenters. The lowest BCUT2D eigenvalue weighted by Crippen LogP contribution is -2.45. The molecule has 1 fully saturated rings. The van der Waals surface area contributed by atoms with Crippen LogP contribution in [0.4, 0.5) is 0 Å². The molecule has 22 heavy (non-hydrogen) atoms. The minimum Gasteiger partial charge on any atom is -0.353 e. The molecule has 1 aromatic heterocycles. The van der Waals surface area contributed by atoms with E-state index >= 15 is 0 Å². The van der Waals surface area contributed by atoms with Gasteiger partial charge in [0, 0.05) is 25.0 Å². The van der Waals surface area contributed by atoms with Gasteiger partial charge in [0.25, 0.3) is 5.91 Å². The predicted octanol–water partition coefficient (Wildman–Crippen LogP) is 1.86. The second-order valence-corrected chi connectivity index (χ2v) is 7.42. The molecule has 0 saturated carbocycles. The van der Waals surface area contributed by atoms with Crippen molar-refractivity contribution in [1.82, 2.24) is 20.4 Å². The summed E-state index contributed by atoms with van der Waals surface area (Å²) in [7, 11) is 0. The van der Waals surface area contributed by atoms with Crippen molar-refractivity contribution in [3.05, 3.63) is 10.0 Å². The molecule has 2 heterocycles. The Balaban J connectivity index is 1.85. The van der Waals surface area contributed by atoms with Gasteiger partial charge < -0.3 is 10.2 Å². The number of carbonyl (C=O) groups is 2. The number of aromatic nitrogens is 2. The van der Waals surface area contributed by atoms with Crippen LogP contribution in [0.15, 0.2) is 0 Å². The Hall–Kier alpha value is -1.50. The topological polar surface area (TPSA) is 75.2 Å². The number of carbonyl (C=O) groups excluding carboxylic acids is 2. The zero-order valence-electron chi connectivity index (χ0n) is 13.6. The fourth-order valence-electron chi connectivity index (χ4n) is 2.37. The molecule has 6 nitrogen and oxygen atoms in total. The summed E-state index contributed by atoms with van der Waals surface area (Å²) in [5.41, 5.74) is 0.